The third kappa shape index (κ3) is 5.35. The van der Waals surface area contributed by atoms with Crippen LogP contribution in [0.4, 0.5) is 5.69 Å². The number of hydrogen-bond donors (Lipinski definition) is 0. The number of ether oxygens (including phenoxy) is 3. The second-order valence-electron chi connectivity index (χ2n) is 8.08. The minimum atomic E-state index is -0.283. The number of rotatable bonds is 10. The van der Waals surface area contributed by atoms with Crippen molar-refractivity contribution < 1.29 is 33.0 Å². The van der Waals surface area contributed by atoms with Gasteiger partial charge < -0.3 is 23.5 Å². The lowest BCUT2D eigenvalue weighted by Gasteiger charge is -2.29. The van der Waals surface area contributed by atoms with Crippen LogP contribution in [0.25, 0.3) is 0 Å². The SMILES string of the molecule is CCN(CC)C(=O)c1ccc(CN2C(=O)COc3ccc(C(=O)COc4ccc(OC)cc4)cc32)o1. The van der Waals surface area contributed by atoms with Crippen molar-refractivity contribution in [3.8, 4) is 17.2 Å². The number of Topliss-reactive ketones (excluding diaryl/α,β-unsaturated/α-hetero) is 1. The molecule has 0 fully saturated rings. The number of nitrogens with zero attached hydrogens (tertiary/aromatic N) is 2. The van der Waals surface area contributed by atoms with Crippen LogP contribution >= 0.6 is 0 Å². The lowest BCUT2D eigenvalue weighted by Crippen LogP contribution is -2.38. The number of ketones is 1. The Morgan fingerprint density at radius 2 is 1.72 bits per heavy atom. The molecule has 0 atom stereocenters. The van der Waals surface area contributed by atoms with Crippen molar-refractivity contribution >= 4 is 23.3 Å². The van der Waals surface area contributed by atoms with Crippen molar-refractivity contribution in [1.29, 1.82) is 0 Å². The van der Waals surface area contributed by atoms with Gasteiger partial charge >= 0.3 is 0 Å². The third-order valence-corrected chi connectivity index (χ3v) is 5.89. The average molecular weight is 493 g/mol. The van der Waals surface area contributed by atoms with Crippen LogP contribution in [-0.4, -0.2) is 55.9 Å². The fraction of sp³-hybridized carbons (Fsp3) is 0.296. The molecule has 0 unspecified atom stereocenters. The highest BCUT2D eigenvalue weighted by atomic mass is 16.5. The standard InChI is InChI=1S/C27H28N2O7/c1-4-28(5-2)27(32)25-13-11-21(36-25)15-29-22-14-18(6-12-24(22)35-17-26(29)31)23(30)16-34-20-9-7-19(33-3)8-10-20/h6-14H,4-5,15-17H2,1-3H3. The second kappa shape index (κ2) is 11.0. The zero-order chi connectivity index (χ0) is 25.7. The van der Waals surface area contributed by atoms with Crippen molar-refractivity contribution in [3.05, 3.63) is 71.7 Å². The first-order chi connectivity index (χ1) is 17.4. The number of carbonyl (C=O) groups excluding carboxylic acids is 3. The molecule has 36 heavy (non-hydrogen) atoms. The molecule has 0 N–H and O–H groups in total. The van der Waals surface area contributed by atoms with Crippen molar-refractivity contribution in [2.24, 2.45) is 0 Å². The van der Waals surface area contributed by atoms with Crippen LogP contribution in [0, 0.1) is 0 Å². The summed E-state index contributed by atoms with van der Waals surface area (Å²) >= 11 is 0. The maximum atomic E-state index is 12.8. The van der Waals surface area contributed by atoms with Crippen LogP contribution in [0.15, 0.2) is 59.0 Å². The molecule has 9 heteroatoms. The normalized spacial score (nSPS) is 12.5. The van der Waals surface area contributed by atoms with Gasteiger partial charge in [0.15, 0.2) is 24.8 Å². The molecule has 2 heterocycles. The summed E-state index contributed by atoms with van der Waals surface area (Å²) in [5.41, 5.74) is 0.831. The van der Waals surface area contributed by atoms with Crippen molar-refractivity contribution in [3.63, 3.8) is 0 Å². The van der Waals surface area contributed by atoms with E-state index < -0.39 is 0 Å². The summed E-state index contributed by atoms with van der Waals surface area (Å²) in [4.78, 5) is 41.2. The van der Waals surface area contributed by atoms with Gasteiger partial charge in [0.1, 0.15) is 23.0 Å². The highest BCUT2D eigenvalue weighted by Crippen LogP contribution is 2.34. The Hall–Kier alpha value is -4.27. The molecular formula is C27H28N2O7. The molecule has 3 aromatic rings. The first-order valence-corrected chi connectivity index (χ1v) is 11.7. The molecule has 2 aromatic carbocycles. The Morgan fingerprint density at radius 3 is 2.42 bits per heavy atom. The molecule has 2 amide bonds. The maximum Gasteiger partial charge on any atom is 0.289 e. The van der Waals surface area contributed by atoms with E-state index >= 15 is 0 Å². The Labute approximate surface area is 209 Å². The van der Waals surface area contributed by atoms with E-state index in [-0.39, 0.29) is 43.1 Å². The second-order valence-corrected chi connectivity index (χ2v) is 8.08. The van der Waals surface area contributed by atoms with Crippen LogP contribution in [0.2, 0.25) is 0 Å². The molecule has 9 nitrogen and oxygen atoms in total. The minimum Gasteiger partial charge on any atom is -0.497 e. The highest BCUT2D eigenvalue weighted by molar-refractivity contribution is 6.02. The van der Waals surface area contributed by atoms with Crippen molar-refractivity contribution in [1.82, 2.24) is 4.90 Å². The van der Waals surface area contributed by atoms with E-state index in [0.717, 1.165) is 0 Å². The average Bonchev–Trinajstić information content (AvgIpc) is 3.38. The first kappa shape index (κ1) is 24.8. The number of amides is 2. The van der Waals surface area contributed by atoms with Gasteiger partial charge in [-0.25, -0.2) is 0 Å². The summed E-state index contributed by atoms with van der Waals surface area (Å²) in [6.45, 7) is 4.73. The van der Waals surface area contributed by atoms with E-state index in [1.807, 2.05) is 13.8 Å². The van der Waals surface area contributed by atoms with E-state index in [1.165, 1.54) is 4.90 Å². The molecule has 1 aliphatic rings. The largest absolute Gasteiger partial charge is 0.497 e. The Bertz CT molecular complexity index is 1250. The van der Waals surface area contributed by atoms with Crippen molar-refractivity contribution in [2.75, 3.05) is 38.3 Å². The number of carbonyl (C=O) groups is 3. The number of furan rings is 1. The van der Waals surface area contributed by atoms with Gasteiger partial charge in [-0.3, -0.25) is 19.3 Å². The van der Waals surface area contributed by atoms with Gasteiger partial charge in [0.25, 0.3) is 11.8 Å². The summed E-state index contributed by atoms with van der Waals surface area (Å²) in [5.74, 6) is 1.63. The maximum absolute atomic E-state index is 12.8. The fourth-order valence-corrected chi connectivity index (χ4v) is 3.85. The molecule has 0 radical (unpaired) electrons. The number of fused-ring (bicyclic) bond motifs is 1. The van der Waals surface area contributed by atoms with E-state index in [9.17, 15) is 14.4 Å². The molecule has 0 spiro atoms. The van der Waals surface area contributed by atoms with E-state index in [0.29, 0.717) is 47.3 Å². The number of hydrogen-bond acceptors (Lipinski definition) is 7. The Kier molecular flexibility index (Phi) is 7.58. The smallest absolute Gasteiger partial charge is 0.289 e. The van der Waals surface area contributed by atoms with Gasteiger partial charge in [-0.05, 0) is 68.4 Å². The van der Waals surface area contributed by atoms with Crippen LogP contribution in [0.1, 0.15) is 40.5 Å². The lowest BCUT2D eigenvalue weighted by molar-refractivity contribution is -0.121. The monoisotopic (exact) mass is 492 g/mol. The predicted molar refractivity (Wildman–Crippen MR) is 132 cm³/mol. The topological polar surface area (TPSA) is 98.5 Å². The zero-order valence-electron chi connectivity index (χ0n) is 20.5. The molecule has 188 valence electrons. The minimum absolute atomic E-state index is 0.0979. The molecule has 0 saturated carbocycles. The summed E-state index contributed by atoms with van der Waals surface area (Å²) in [7, 11) is 1.57. The molecule has 1 aromatic heterocycles. The van der Waals surface area contributed by atoms with Gasteiger partial charge in [0, 0.05) is 18.7 Å². The summed E-state index contributed by atoms with van der Waals surface area (Å²) in [6.07, 6.45) is 0. The highest BCUT2D eigenvalue weighted by Gasteiger charge is 2.28. The van der Waals surface area contributed by atoms with Crippen LogP contribution in [-0.2, 0) is 11.3 Å². The third-order valence-electron chi connectivity index (χ3n) is 5.89. The van der Waals surface area contributed by atoms with Crippen molar-refractivity contribution in [2.45, 2.75) is 20.4 Å². The number of methoxy groups -OCH3 is 1. The van der Waals surface area contributed by atoms with E-state index in [1.54, 1.807) is 66.6 Å². The molecule has 1 aliphatic heterocycles. The summed E-state index contributed by atoms with van der Waals surface area (Å²) in [5, 5.41) is 0. The fourth-order valence-electron chi connectivity index (χ4n) is 3.85. The predicted octanol–water partition coefficient (Wildman–Crippen LogP) is 3.96. The number of anilines is 1. The molecule has 0 bridgehead atoms. The van der Waals surface area contributed by atoms with Crippen LogP contribution in [0.3, 0.4) is 0 Å². The van der Waals surface area contributed by atoms with Crippen LogP contribution < -0.4 is 19.1 Å². The Morgan fingerprint density at radius 1 is 1.00 bits per heavy atom. The number of benzene rings is 2. The first-order valence-electron chi connectivity index (χ1n) is 11.7. The van der Waals surface area contributed by atoms with E-state index in [2.05, 4.69) is 0 Å². The van der Waals surface area contributed by atoms with Gasteiger partial charge in [-0.2, -0.15) is 0 Å². The van der Waals surface area contributed by atoms with Gasteiger partial charge in [0.05, 0.1) is 19.3 Å². The summed E-state index contributed by atoms with van der Waals surface area (Å²) in [6, 6.07) is 15.1. The summed E-state index contributed by atoms with van der Waals surface area (Å²) < 4.78 is 22.0. The molecular weight excluding hydrogens is 464 g/mol. The molecule has 0 saturated heterocycles. The van der Waals surface area contributed by atoms with Gasteiger partial charge in [-0.1, -0.05) is 0 Å². The van der Waals surface area contributed by atoms with Gasteiger partial charge in [0.2, 0.25) is 0 Å². The Balaban J connectivity index is 1.49. The van der Waals surface area contributed by atoms with Gasteiger partial charge in [-0.15, -0.1) is 0 Å². The molecule has 4 rings (SSSR count). The zero-order valence-corrected chi connectivity index (χ0v) is 20.5. The van der Waals surface area contributed by atoms with E-state index in [4.69, 9.17) is 18.6 Å². The lowest BCUT2D eigenvalue weighted by atomic mass is 10.1. The van der Waals surface area contributed by atoms with Crippen LogP contribution in [0.5, 0.6) is 17.2 Å². The molecule has 0 aliphatic carbocycles. The quantitative estimate of drug-likeness (QED) is 0.395.